The lowest BCUT2D eigenvalue weighted by Gasteiger charge is -2.05. The molecule has 1 aromatic rings. The Morgan fingerprint density at radius 1 is 1.46 bits per heavy atom. The minimum Gasteiger partial charge on any atom is -0.340 e. The summed E-state index contributed by atoms with van der Waals surface area (Å²) in [6, 6.07) is 0. The molecule has 0 atom stereocenters. The van der Waals surface area contributed by atoms with Gasteiger partial charge in [-0.1, -0.05) is 11.8 Å². The van der Waals surface area contributed by atoms with Crippen molar-refractivity contribution in [1.82, 2.24) is 20.2 Å². The summed E-state index contributed by atoms with van der Waals surface area (Å²) in [5, 5.41) is 12.1. The SMILES string of the molecule is Cn1nnnc1SCCC[NH+](C)C. The fraction of sp³-hybridized carbons (Fsp3) is 0.857. The Kier molecular flexibility index (Phi) is 4.17. The first-order valence-electron chi connectivity index (χ1n) is 4.34. The van der Waals surface area contributed by atoms with E-state index in [1.807, 2.05) is 7.05 Å². The Morgan fingerprint density at radius 2 is 2.23 bits per heavy atom. The largest absolute Gasteiger partial charge is 0.340 e. The number of thioether (sulfide) groups is 1. The molecule has 0 aliphatic rings. The molecule has 1 rings (SSSR count). The van der Waals surface area contributed by atoms with Crippen molar-refractivity contribution in [3.8, 4) is 0 Å². The first kappa shape index (κ1) is 10.5. The lowest BCUT2D eigenvalue weighted by atomic mass is 10.5. The molecule has 0 aliphatic heterocycles. The van der Waals surface area contributed by atoms with Crippen LogP contribution in [0.2, 0.25) is 0 Å². The number of quaternary nitrogens is 1. The minimum absolute atomic E-state index is 0.897. The van der Waals surface area contributed by atoms with E-state index < -0.39 is 0 Å². The van der Waals surface area contributed by atoms with Gasteiger partial charge in [-0.25, -0.2) is 4.68 Å². The van der Waals surface area contributed by atoms with Crippen LogP contribution in [0.5, 0.6) is 0 Å². The zero-order valence-corrected chi connectivity index (χ0v) is 9.13. The van der Waals surface area contributed by atoms with Gasteiger partial charge in [-0.05, 0) is 10.4 Å². The molecule has 0 amide bonds. The van der Waals surface area contributed by atoms with E-state index in [1.165, 1.54) is 17.9 Å². The summed E-state index contributed by atoms with van der Waals surface area (Å²) >= 11 is 1.71. The van der Waals surface area contributed by atoms with E-state index in [9.17, 15) is 0 Å². The van der Waals surface area contributed by atoms with Crippen LogP contribution in [0.25, 0.3) is 0 Å². The molecule has 0 saturated carbocycles. The summed E-state index contributed by atoms with van der Waals surface area (Å²) in [6.45, 7) is 1.19. The average Bonchev–Trinajstić information content (AvgIpc) is 2.45. The van der Waals surface area contributed by atoms with Gasteiger partial charge >= 0.3 is 0 Å². The number of nitrogens with one attached hydrogen (secondary N) is 1. The second kappa shape index (κ2) is 5.18. The van der Waals surface area contributed by atoms with Crippen LogP contribution >= 0.6 is 11.8 Å². The second-order valence-electron chi connectivity index (χ2n) is 3.24. The molecule has 0 aliphatic carbocycles. The molecule has 6 heteroatoms. The highest BCUT2D eigenvalue weighted by molar-refractivity contribution is 7.99. The van der Waals surface area contributed by atoms with Crippen LogP contribution in [-0.2, 0) is 7.05 Å². The molecule has 0 saturated heterocycles. The van der Waals surface area contributed by atoms with Crippen LogP contribution in [0.3, 0.4) is 0 Å². The molecule has 0 bridgehead atoms. The fourth-order valence-corrected chi connectivity index (χ4v) is 1.72. The second-order valence-corrected chi connectivity index (χ2v) is 4.31. The highest BCUT2D eigenvalue weighted by atomic mass is 32.2. The molecule has 0 spiro atoms. The Bertz CT molecular complexity index is 247. The predicted molar refractivity (Wildman–Crippen MR) is 51.8 cm³/mol. The number of rotatable bonds is 5. The van der Waals surface area contributed by atoms with E-state index >= 15 is 0 Å². The van der Waals surface area contributed by atoms with Gasteiger partial charge in [0.05, 0.1) is 20.6 Å². The first-order chi connectivity index (χ1) is 6.20. The summed E-state index contributed by atoms with van der Waals surface area (Å²) in [5.41, 5.74) is 0. The minimum atomic E-state index is 0.897. The summed E-state index contributed by atoms with van der Waals surface area (Å²) in [7, 11) is 6.18. The van der Waals surface area contributed by atoms with Crippen molar-refractivity contribution in [2.45, 2.75) is 11.6 Å². The molecule has 5 nitrogen and oxygen atoms in total. The number of hydrogen-bond donors (Lipinski definition) is 1. The smallest absolute Gasteiger partial charge is 0.209 e. The van der Waals surface area contributed by atoms with E-state index in [0.29, 0.717) is 0 Å². The van der Waals surface area contributed by atoms with Gasteiger partial charge < -0.3 is 4.90 Å². The zero-order valence-electron chi connectivity index (χ0n) is 8.32. The summed E-state index contributed by atoms with van der Waals surface area (Å²) in [5.74, 6) is 1.08. The Hall–Kier alpha value is -0.620. The lowest BCUT2D eigenvalue weighted by molar-refractivity contribution is -0.858. The number of hydrogen-bond acceptors (Lipinski definition) is 4. The van der Waals surface area contributed by atoms with Gasteiger partial charge in [-0.15, -0.1) is 5.10 Å². The quantitative estimate of drug-likeness (QED) is 0.483. The van der Waals surface area contributed by atoms with Crippen molar-refractivity contribution in [2.24, 2.45) is 7.05 Å². The van der Waals surface area contributed by atoms with E-state index in [0.717, 1.165) is 10.9 Å². The lowest BCUT2D eigenvalue weighted by Crippen LogP contribution is -3.05. The molecule has 0 fully saturated rings. The molecule has 1 N–H and O–H groups in total. The highest BCUT2D eigenvalue weighted by Gasteiger charge is 2.02. The maximum absolute atomic E-state index is 3.89. The fourth-order valence-electron chi connectivity index (χ4n) is 0.933. The van der Waals surface area contributed by atoms with Gasteiger partial charge in [-0.2, -0.15) is 0 Å². The molecule has 74 valence electrons. The molecule has 1 heterocycles. The maximum Gasteiger partial charge on any atom is 0.209 e. The molecular weight excluding hydrogens is 186 g/mol. The van der Waals surface area contributed by atoms with Crippen molar-refractivity contribution >= 4 is 11.8 Å². The van der Waals surface area contributed by atoms with Crippen molar-refractivity contribution in [1.29, 1.82) is 0 Å². The summed E-state index contributed by atoms with van der Waals surface area (Å²) < 4.78 is 1.70. The standard InChI is InChI=1S/C7H15N5S/c1-11(2)5-4-6-13-7-8-9-10-12(7)3/h4-6H2,1-3H3/p+1. The van der Waals surface area contributed by atoms with Gasteiger partial charge in [0.2, 0.25) is 5.16 Å². The molecule has 1 aromatic heterocycles. The maximum atomic E-state index is 3.89. The average molecular weight is 202 g/mol. The van der Waals surface area contributed by atoms with Gasteiger partial charge in [0.1, 0.15) is 0 Å². The summed E-state index contributed by atoms with van der Waals surface area (Å²) in [6.07, 6.45) is 1.19. The number of aromatic nitrogens is 4. The van der Waals surface area contributed by atoms with Crippen molar-refractivity contribution in [3.05, 3.63) is 0 Å². The Morgan fingerprint density at radius 3 is 2.77 bits per heavy atom. The monoisotopic (exact) mass is 202 g/mol. The van der Waals surface area contributed by atoms with E-state index in [1.54, 1.807) is 16.4 Å². The van der Waals surface area contributed by atoms with Crippen molar-refractivity contribution < 1.29 is 4.90 Å². The third kappa shape index (κ3) is 3.73. The van der Waals surface area contributed by atoms with Crippen molar-refractivity contribution in [3.63, 3.8) is 0 Å². The van der Waals surface area contributed by atoms with Crippen LogP contribution < -0.4 is 4.90 Å². The van der Waals surface area contributed by atoms with Gasteiger partial charge in [0.25, 0.3) is 0 Å². The molecule has 0 radical (unpaired) electrons. The Balaban J connectivity index is 2.17. The van der Waals surface area contributed by atoms with Crippen LogP contribution in [0, 0.1) is 0 Å². The number of tetrazole rings is 1. The van der Waals surface area contributed by atoms with Crippen molar-refractivity contribution in [2.75, 3.05) is 26.4 Å². The molecule has 0 unspecified atom stereocenters. The molecule has 13 heavy (non-hydrogen) atoms. The summed E-state index contributed by atoms with van der Waals surface area (Å²) in [4.78, 5) is 1.48. The normalized spacial score (nSPS) is 11.1. The topological polar surface area (TPSA) is 48.0 Å². The van der Waals surface area contributed by atoms with Crippen LogP contribution in [-0.4, -0.2) is 46.6 Å². The van der Waals surface area contributed by atoms with E-state index in [4.69, 9.17) is 0 Å². The highest BCUT2D eigenvalue weighted by Crippen LogP contribution is 2.12. The third-order valence-electron chi connectivity index (χ3n) is 1.63. The van der Waals surface area contributed by atoms with Gasteiger partial charge in [-0.3, -0.25) is 0 Å². The van der Waals surface area contributed by atoms with Crippen LogP contribution in [0.1, 0.15) is 6.42 Å². The molecule has 0 aromatic carbocycles. The van der Waals surface area contributed by atoms with E-state index in [-0.39, 0.29) is 0 Å². The first-order valence-corrected chi connectivity index (χ1v) is 5.33. The number of aryl methyl sites for hydroxylation is 1. The van der Waals surface area contributed by atoms with Gasteiger partial charge in [0, 0.05) is 19.2 Å². The third-order valence-corrected chi connectivity index (χ3v) is 2.73. The number of nitrogens with zero attached hydrogens (tertiary/aromatic N) is 4. The van der Waals surface area contributed by atoms with Crippen LogP contribution in [0.4, 0.5) is 0 Å². The van der Waals surface area contributed by atoms with E-state index in [2.05, 4.69) is 29.6 Å². The van der Waals surface area contributed by atoms with Crippen LogP contribution in [0.15, 0.2) is 5.16 Å². The van der Waals surface area contributed by atoms with Gasteiger partial charge in [0.15, 0.2) is 0 Å². The zero-order chi connectivity index (χ0) is 9.68. The molecular formula is C7H16N5S+. The Labute approximate surface area is 82.5 Å². The predicted octanol–water partition coefficient (Wildman–Crippen LogP) is -1.16.